The first-order chi connectivity index (χ1) is 8.13. The van der Waals surface area contributed by atoms with Crippen molar-refractivity contribution in [2.24, 2.45) is 16.3 Å². The second-order valence-electron chi connectivity index (χ2n) is 4.60. The van der Waals surface area contributed by atoms with Gasteiger partial charge in [-0.15, -0.1) is 0 Å². The van der Waals surface area contributed by atoms with Crippen LogP contribution in [-0.2, 0) is 6.54 Å². The van der Waals surface area contributed by atoms with Crippen LogP contribution in [0, 0.1) is 12.3 Å². The summed E-state index contributed by atoms with van der Waals surface area (Å²) in [6, 6.07) is 0. The van der Waals surface area contributed by atoms with Crippen LogP contribution in [0.15, 0.2) is 9.68 Å². The number of aryl methyl sites for hydroxylation is 1. The molecule has 0 saturated heterocycles. The third kappa shape index (κ3) is 3.16. The maximum absolute atomic E-state index is 8.54. The Kier molecular flexibility index (Phi) is 3.28. The van der Waals surface area contributed by atoms with Gasteiger partial charge in [-0.25, -0.2) is 0 Å². The van der Waals surface area contributed by atoms with Gasteiger partial charge in [0.15, 0.2) is 5.82 Å². The Labute approximate surface area is 99.1 Å². The van der Waals surface area contributed by atoms with E-state index < -0.39 is 0 Å². The van der Waals surface area contributed by atoms with Gasteiger partial charge in [-0.3, -0.25) is 0 Å². The van der Waals surface area contributed by atoms with E-state index in [0.29, 0.717) is 30.5 Å². The summed E-state index contributed by atoms with van der Waals surface area (Å²) in [6.07, 6.45) is 2.82. The van der Waals surface area contributed by atoms with Crippen molar-refractivity contribution in [2.75, 3.05) is 6.54 Å². The molecular formula is C10H17N5O2. The van der Waals surface area contributed by atoms with E-state index in [1.54, 1.807) is 6.92 Å². The van der Waals surface area contributed by atoms with E-state index >= 15 is 0 Å². The molecule has 17 heavy (non-hydrogen) atoms. The lowest BCUT2D eigenvalue weighted by Crippen LogP contribution is -2.28. The van der Waals surface area contributed by atoms with Crippen LogP contribution in [0.25, 0.3) is 0 Å². The fourth-order valence-electron chi connectivity index (χ4n) is 1.86. The van der Waals surface area contributed by atoms with E-state index in [2.05, 4.69) is 20.6 Å². The number of nitrogens with two attached hydrogens (primary N) is 1. The van der Waals surface area contributed by atoms with Gasteiger partial charge < -0.3 is 20.8 Å². The fourth-order valence-corrected chi connectivity index (χ4v) is 1.86. The highest BCUT2D eigenvalue weighted by Gasteiger charge is 2.42. The van der Waals surface area contributed by atoms with Crippen molar-refractivity contribution in [2.45, 2.75) is 32.7 Å². The molecule has 0 atom stereocenters. The van der Waals surface area contributed by atoms with E-state index in [9.17, 15) is 0 Å². The van der Waals surface area contributed by atoms with Crippen LogP contribution in [0.1, 0.15) is 31.0 Å². The van der Waals surface area contributed by atoms with Crippen molar-refractivity contribution in [3.63, 3.8) is 0 Å². The first-order valence-corrected chi connectivity index (χ1v) is 5.60. The second-order valence-corrected chi connectivity index (χ2v) is 4.60. The van der Waals surface area contributed by atoms with Gasteiger partial charge in [-0.1, -0.05) is 10.3 Å². The third-order valence-corrected chi connectivity index (χ3v) is 2.99. The standard InChI is InChI=1S/C10H17N5O2/c1-7-13-9(15-17-7)5-12-6-10(2-3-10)4-8(11)14-16/h12,16H,2-6H2,1H3,(H2,11,14). The van der Waals surface area contributed by atoms with Crippen molar-refractivity contribution in [1.29, 1.82) is 0 Å². The van der Waals surface area contributed by atoms with Gasteiger partial charge in [0, 0.05) is 19.9 Å². The van der Waals surface area contributed by atoms with Crippen LogP contribution < -0.4 is 11.1 Å². The molecule has 1 fully saturated rings. The minimum absolute atomic E-state index is 0.148. The number of hydrogen-bond donors (Lipinski definition) is 3. The largest absolute Gasteiger partial charge is 0.409 e. The van der Waals surface area contributed by atoms with Crippen LogP contribution in [0.5, 0.6) is 0 Å². The maximum Gasteiger partial charge on any atom is 0.223 e. The molecule has 0 unspecified atom stereocenters. The maximum atomic E-state index is 8.54. The smallest absolute Gasteiger partial charge is 0.223 e. The lowest BCUT2D eigenvalue weighted by molar-refractivity contribution is 0.314. The number of hydrogen-bond acceptors (Lipinski definition) is 6. The van der Waals surface area contributed by atoms with Crippen molar-refractivity contribution >= 4 is 5.84 Å². The molecule has 1 saturated carbocycles. The Morgan fingerprint density at radius 3 is 2.94 bits per heavy atom. The molecule has 1 heterocycles. The lowest BCUT2D eigenvalue weighted by atomic mass is 10.0. The molecule has 7 heteroatoms. The van der Waals surface area contributed by atoms with Crippen LogP contribution in [0.4, 0.5) is 0 Å². The summed E-state index contributed by atoms with van der Waals surface area (Å²) in [5.74, 6) is 1.52. The molecule has 0 aliphatic heterocycles. The van der Waals surface area contributed by atoms with Crippen molar-refractivity contribution in [3.8, 4) is 0 Å². The fraction of sp³-hybridized carbons (Fsp3) is 0.700. The van der Waals surface area contributed by atoms with Crippen LogP contribution in [-0.4, -0.2) is 27.7 Å². The Morgan fingerprint density at radius 2 is 2.41 bits per heavy atom. The van der Waals surface area contributed by atoms with Crippen molar-refractivity contribution in [3.05, 3.63) is 11.7 Å². The molecule has 2 rings (SSSR count). The third-order valence-electron chi connectivity index (χ3n) is 2.99. The van der Waals surface area contributed by atoms with Gasteiger partial charge in [0.2, 0.25) is 5.89 Å². The summed E-state index contributed by atoms with van der Waals surface area (Å²) in [7, 11) is 0. The molecule has 0 radical (unpaired) electrons. The molecule has 0 amide bonds. The van der Waals surface area contributed by atoms with Gasteiger partial charge in [0.25, 0.3) is 0 Å². The molecular weight excluding hydrogens is 222 g/mol. The highest BCUT2D eigenvalue weighted by molar-refractivity contribution is 5.80. The molecule has 1 aliphatic carbocycles. The Morgan fingerprint density at radius 1 is 1.65 bits per heavy atom. The zero-order valence-electron chi connectivity index (χ0n) is 9.81. The molecule has 1 aromatic rings. The Hall–Kier alpha value is -1.63. The molecule has 1 aliphatic rings. The lowest BCUT2D eigenvalue weighted by Gasteiger charge is -2.13. The summed E-state index contributed by atoms with van der Waals surface area (Å²) in [5.41, 5.74) is 5.67. The first kappa shape index (κ1) is 11.8. The number of nitrogens with zero attached hydrogens (tertiary/aromatic N) is 3. The molecule has 4 N–H and O–H groups in total. The van der Waals surface area contributed by atoms with Gasteiger partial charge in [-0.2, -0.15) is 4.98 Å². The number of nitrogens with one attached hydrogen (secondary N) is 1. The average molecular weight is 239 g/mol. The SMILES string of the molecule is Cc1nc(CNCC2(CC(N)=NO)CC2)no1. The average Bonchev–Trinajstić information content (AvgIpc) is 2.93. The van der Waals surface area contributed by atoms with Gasteiger partial charge >= 0.3 is 0 Å². The van der Waals surface area contributed by atoms with Crippen molar-refractivity contribution < 1.29 is 9.73 Å². The predicted octanol–water partition coefficient (Wildman–Crippen LogP) is 0.384. The molecule has 0 spiro atoms. The molecule has 1 aromatic heterocycles. The van der Waals surface area contributed by atoms with E-state index in [1.165, 1.54) is 0 Å². The molecule has 0 bridgehead atoms. The van der Waals surface area contributed by atoms with E-state index in [-0.39, 0.29) is 5.41 Å². The zero-order valence-corrected chi connectivity index (χ0v) is 9.81. The van der Waals surface area contributed by atoms with E-state index in [1.807, 2.05) is 0 Å². The van der Waals surface area contributed by atoms with Crippen LogP contribution in [0.3, 0.4) is 0 Å². The molecule has 0 aromatic carbocycles. The highest BCUT2D eigenvalue weighted by Crippen LogP contribution is 2.48. The quantitative estimate of drug-likeness (QED) is 0.286. The minimum atomic E-state index is 0.148. The summed E-state index contributed by atoms with van der Waals surface area (Å²) in [6.45, 7) is 3.16. The Balaban J connectivity index is 1.75. The van der Waals surface area contributed by atoms with Gasteiger partial charge in [0.1, 0.15) is 5.84 Å². The topological polar surface area (TPSA) is 110 Å². The molecule has 94 valence electrons. The van der Waals surface area contributed by atoms with Gasteiger partial charge in [0.05, 0.1) is 6.54 Å². The Bertz CT molecular complexity index is 411. The van der Waals surface area contributed by atoms with Crippen LogP contribution >= 0.6 is 0 Å². The van der Waals surface area contributed by atoms with Gasteiger partial charge in [-0.05, 0) is 18.3 Å². The minimum Gasteiger partial charge on any atom is -0.409 e. The summed E-state index contributed by atoms with van der Waals surface area (Å²) >= 11 is 0. The highest BCUT2D eigenvalue weighted by atomic mass is 16.5. The number of oxime groups is 1. The monoisotopic (exact) mass is 239 g/mol. The van der Waals surface area contributed by atoms with Crippen LogP contribution in [0.2, 0.25) is 0 Å². The number of aromatic nitrogens is 2. The van der Waals surface area contributed by atoms with Crippen molar-refractivity contribution in [1.82, 2.24) is 15.5 Å². The predicted molar refractivity (Wildman–Crippen MR) is 60.4 cm³/mol. The second kappa shape index (κ2) is 4.70. The first-order valence-electron chi connectivity index (χ1n) is 5.60. The molecule has 7 nitrogen and oxygen atoms in total. The van der Waals surface area contributed by atoms with E-state index in [4.69, 9.17) is 15.5 Å². The summed E-state index contributed by atoms with van der Waals surface area (Å²) in [4.78, 5) is 4.10. The normalized spacial score (nSPS) is 18.3. The summed E-state index contributed by atoms with van der Waals surface area (Å²) in [5, 5.41) is 18.6. The number of rotatable bonds is 6. The zero-order chi connectivity index (χ0) is 12.3. The summed E-state index contributed by atoms with van der Waals surface area (Å²) < 4.78 is 4.87. The van der Waals surface area contributed by atoms with E-state index in [0.717, 1.165) is 19.4 Å². The number of amidine groups is 1.